The summed E-state index contributed by atoms with van der Waals surface area (Å²) in [5.41, 5.74) is 2.49. The molecule has 0 aliphatic heterocycles. The average molecular weight is 414 g/mol. The molecule has 5 aromatic rings. The lowest BCUT2D eigenvalue weighted by Crippen LogP contribution is -2.08. The number of hydrogen-bond donors (Lipinski definition) is 1. The second-order valence-corrected chi connectivity index (χ2v) is 7.13. The van der Waals surface area contributed by atoms with Crippen molar-refractivity contribution in [2.24, 2.45) is 0 Å². The normalized spacial score (nSPS) is 11.1. The highest BCUT2D eigenvalue weighted by molar-refractivity contribution is 6.35. The maximum atomic E-state index is 11.9. The summed E-state index contributed by atoms with van der Waals surface area (Å²) in [5.74, 6) is 1.19. The molecule has 0 saturated heterocycles. The number of halogens is 1. The van der Waals surface area contributed by atoms with Crippen LogP contribution in [0.1, 0.15) is 11.3 Å². The second kappa shape index (κ2) is 6.79. The number of furan rings is 1. The van der Waals surface area contributed by atoms with Crippen LogP contribution in [0.2, 0.25) is 5.02 Å². The van der Waals surface area contributed by atoms with Crippen LogP contribution in [0.5, 0.6) is 0 Å². The highest BCUT2D eigenvalue weighted by atomic mass is 35.5. The molecule has 144 valence electrons. The van der Waals surface area contributed by atoms with E-state index >= 15 is 0 Å². The van der Waals surface area contributed by atoms with Gasteiger partial charge in [0.25, 0.3) is 5.56 Å². The number of benzene rings is 1. The molecular weight excluding hydrogens is 402 g/mol. The lowest BCUT2D eigenvalue weighted by Gasteiger charge is -2.11. The number of pyridine rings is 2. The third-order valence-corrected chi connectivity index (χ3v) is 4.98. The highest BCUT2D eigenvalue weighted by Gasteiger charge is 2.19. The molecule has 0 aliphatic rings. The van der Waals surface area contributed by atoms with Crippen molar-refractivity contribution in [3.63, 3.8) is 0 Å². The van der Waals surface area contributed by atoms with E-state index in [1.165, 1.54) is 6.07 Å². The molecule has 5 rings (SSSR count). The van der Waals surface area contributed by atoms with E-state index in [9.17, 15) is 10.1 Å². The van der Waals surface area contributed by atoms with Gasteiger partial charge in [0, 0.05) is 23.2 Å². The molecule has 0 unspecified atom stereocenters. The molecule has 7 nitrogen and oxygen atoms in total. The highest BCUT2D eigenvalue weighted by Crippen LogP contribution is 2.35. The quantitative estimate of drug-likeness (QED) is 0.452. The van der Waals surface area contributed by atoms with E-state index in [4.69, 9.17) is 21.0 Å². The minimum Gasteiger partial charge on any atom is -0.460 e. The molecule has 30 heavy (non-hydrogen) atoms. The summed E-state index contributed by atoms with van der Waals surface area (Å²) in [7, 11) is 0. The zero-order valence-electron chi connectivity index (χ0n) is 15.6. The minimum atomic E-state index is -0.428. The van der Waals surface area contributed by atoms with Crippen molar-refractivity contribution in [1.82, 2.24) is 19.9 Å². The summed E-state index contributed by atoms with van der Waals surface area (Å²) in [6, 6.07) is 14.2. The van der Waals surface area contributed by atoms with Gasteiger partial charge in [-0.15, -0.1) is 0 Å². The van der Waals surface area contributed by atoms with Crippen molar-refractivity contribution in [1.29, 1.82) is 5.26 Å². The van der Waals surface area contributed by atoms with E-state index in [1.807, 2.05) is 37.3 Å². The lowest BCUT2D eigenvalue weighted by atomic mass is 10.0. The molecule has 0 fully saturated rings. The first-order valence-electron chi connectivity index (χ1n) is 9.00. The van der Waals surface area contributed by atoms with Gasteiger partial charge in [-0.1, -0.05) is 17.7 Å². The Kier molecular flexibility index (Phi) is 4.09. The summed E-state index contributed by atoms with van der Waals surface area (Å²) >= 11 is 6.48. The number of nitrogens with zero attached hydrogens (tertiary/aromatic N) is 4. The van der Waals surface area contributed by atoms with Gasteiger partial charge in [-0.3, -0.25) is 9.78 Å². The molecule has 0 radical (unpaired) electrons. The molecule has 0 aliphatic carbocycles. The first-order chi connectivity index (χ1) is 14.5. The number of aromatic amines is 1. The van der Waals surface area contributed by atoms with Crippen molar-refractivity contribution in [2.75, 3.05) is 0 Å². The van der Waals surface area contributed by atoms with E-state index in [0.717, 1.165) is 5.39 Å². The molecule has 0 saturated carbocycles. The average Bonchev–Trinajstić information content (AvgIpc) is 3.18. The largest absolute Gasteiger partial charge is 0.460 e. The Morgan fingerprint density at radius 1 is 1.10 bits per heavy atom. The zero-order valence-corrected chi connectivity index (χ0v) is 16.4. The minimum absolute atomic E-state index is 0.137. The molecule has 0 atom stereocenters. The number of H-pyrrole nitrogens is 1. The predicted molar refractivity (Wildman–Crippen MR) is 113 cm³/mol. The van der Waals surface area contributed by atoms with Crippen LogP contribution in [0.15, 0.2) is 57.9 Å². The molecule has 0 spiro atoms. The number of fused-ring (bicyclic) bond motifs is 2. The van der Waals surface area contributed by atoms with Crippen LogP contribution >= 0.6 is 11.6 Å². The smallest absolute Gasteiger partial charge is 0.250 e. The third-order valence-electron chi connectivity index (χ3n) is 4.69. The second-order valence-electron chi connectivity index (χ2n) is 6.72. The SMILES string of the molecule is Cc1ccc(-c2nc3[nH]c(=O)cc(C#N)c3nc2-c2cc(Cl)c3ncccc3c2)o1. The summed E-state index contributed by atoms with van der Waals surface area (Å²) in [4.78, 5) is 28.2. The van der Waals surface area contributed by atoms with Gasteiger partial charge in [-0.25, -0.2) is 9.97 Å². The Morgan fingerprint density at radius 3 is 2.73 bits per heavy atom. The van der Waals surface area contributed by atoms with Crippen LogP contribution < -0.4 is 5.56 Å². The third kappa shape index (κ3) is 2.91. The summed E-state index contributed by atoms with van der Waals surface area (Å²) < 4.78 is 5.78. The van der Waals surface area contributed by atoms with E-state index in [-0.39, 0.29) is 11.2 Å². The molecule has 4 aromatic heterocycles. The molecule has 0 amide bonds. The van der Waals surface area contributed by atoms with Crippen molar-refractivity contribution in [3.8, 4) is 28.8 Å². The van der Waals surface area contributed by atoms with Crippen molar-refractivity contribution in [2.45, 2.75) is 6.92 Å². The molecule has 4 heterocycles. The Bertz CT molecular complexity index is 1560. The fraction of sp³-hybridized carbons (Fsp3) is 0.0455. The standard InChI is InChI=1S/C22H12ClN5O2/c1-11-4-5-16(30-11)21-19(13-7-12-3-2-6-25-18(12)15(23)8-13)27-20-14(10-24)9-17(29)26-22(20)28-21/h2-9H,1H3,(H,26,28,29). The van der Waals surface area contributed by atoms with E-state index in [2.05, 4.69) is 15.0 Å². The molecule has 1 N–H and O–H groups in total. The van der Waals surface area contributed by atoms with Crippen molar-refractivity contribution in [3.05, 3.63) is 75.4 Å². The monoisotopic (exact) mass is 413 g/mol. The van der Waals surface area contributed by atoms with Crippen LogP contribution in [-0.2, 0) is 0 Å². The Hall–Kier alpha value is -4.02. The van der Waals surface area contributed by atoms with Gasteiger partial charge in [0.05, 0.1) is 16.1 Å². The van der Waals surface area contributed by atoms with Gasteiger partial charge in [0.1, 0.15) is 28.7 Å². The van der Waals surface area contributed by atoms with Crippen LogP contribution in [0.3, 0.4) is 0 Å². The van der Waals surface area contributed by atoms with Gasteiger partial charge in [0.15, 0.2) is 11.4 Å². The molecule has 8 heteroatoms. The molecule has 1 aromatic carbocycles. The maximum absolute atomic E-state index is 11.9. The van der Waals surface area contributed by atoms with E-state index in [1.54, 1.807) is 18.3 Å². The van der Waals surface area contributed by atoms with Crippen molar-refractivity contribution < 1.29 is 4.42 Å². The van der Waals surface area contributed by atoms with Crippen LogP contribution in [-0.4, -0.2) is 19.9 Å². The lowest BCUT2D eigenvalue weighted by molar-refractivity contribution is 0.546. The van der Waals surface area contributed by atoms with E-state index < -0.39 is 5.56 Å². The van der Waals surface area contributed by atoms with Crippen LogP contribution in [0.4, 0.5) is 0 Å². The summed E-state index contributed by atoms with van der Waals surface area (Å²) in [6.45, 7) is 1.83. The fourth-order valence-electron chi connectivity index (χ4n) is 3.37. The number of rotatable bonds is 2. The number of aryl methyl sites for hydroxylation is 1. The number of nitrogens with one attached hydrogen (secondary N) is 1. The number of hydrogen-bond acceptors (Lipinski definition) is 6. The summed E-state index contributed by atoms with van der Waals surface area (Å²) in [5, 5.41) is 10.8. The number of aromatic nitrogens is 4. The van der Waals surface area contributed by atoms with Gasteiger partial charge >= 0.3 is 0 Å². The maximum Gasteiger partial charge on any atom is 0.250 e. The number of nitriles is 1. The Balaban J connectivity index is 1.89. The first kappa shape index (κ1) is 18.0. The molecule has 0 bridgehead atoms. The van der Waals surface area contributed by atoms with Crippen LogP contribution in [0, 0.1) is 18.3 Å². The van der Waals surface area contributed by atoms with Crippen LogP contribution in [0.25, 0.3) is 44.8 Å². The summed E-state index contributed by atoms with van der Waals surface area (Å²) in [6.07, 6.45) is 1.68. The van der Waals surface area contributed by atoms with Gasteiger partial charge < -0.3 is 9.40 Å². The van der Waals surface area contributed by atoms with Gasteiger partial charge in [-0.2, -0.15) is 5.26 Å². The van der Waals surface area contributed by atoms with E-state index in [0.29, 0.717) is 44.5 Å². The first-order valence-corrected chi connectivity index (χ1v) is 9.38. The fourth-order valence-corrected chi connectivity index (χ4v) is 3.64. The van der Waals surface area contributed by atoms with Gasteiger partial charge in [-0.05, 0) is 37.3 Å². The molecular formula is C22H12ClN5O2. The Labute approximate surface area is 174 Å². The van der Waals surface area contributed by atoms with Crippen molar-refractivity contribution >= 4 is 33.7 Å². The zero-order chi connectivity index (χ0) is 20.8. The van der Waals surface area contributed by atoms with Gasteiger partial charge in [0.2, 0.25) is 0 Å². The predicted octanol–water partition coefficient (Wildman–Crippen LogP) is 4.63. The topological polar surface area (TPSA) is 108 Å². The Morgan fingerprint density at radius 2 is 1.97 bits per heavy atom.